The lowest BCUT2D eigenvalue weighted by Gasteiger charge is -2.21. The van der Waals surface area contributed by atoms with Gasteiger partial charge in [0.25, 0.3) is 0 Å². The Kier molecular flexibility index (Phi) is 5.19. The Balaban J connectivity index is 2.14. The van der Waals surface area contributed by atoms with Crippen LogP contribution in [0, 0.1) is 5.92 Å². The number of thiazole rings is 1. The largest absolute Gasteiger partial charge is 0.380 e. The summed E-state index contributed by atoms with van der Waals surface area (Å²) >= 11 is 5.17. The molecule has 0 saturated carbocycles. The van der Waals surface area contributed by atoms with Gasteiger partial charge in [-0.3, -0.25) is 0 Å². The third-order valence-electron chi connectivity index (χ3n) is 2.97. The second kappa shape index (κ2) is 6.68. The van der Waals surface area contributed by atoms with Crippen LogP contribution in [0.5, 0.6) is 0 Å². The fourth-order valence-electron chi connectivity index (χ4n) is 1.76. The van der Waals surface area contributed by atoms with Gasteiger partial charge in [0.05, 0.1) is 22.9 Å². The van der Waals surface area contributed by atoms with Crippen LogP contribution in [0.3, 0.4) is 0 Å². The molecule has 1 unspecified atom stereocenters. The number of nitrogens with one attached hydrogen (secondary N) is 1. The van der Waals surface area contributed by atoms with Crippen LogP contribution in [0.15, 0.2) is 22.7 Å². The molecule has 0 radical (unpaired) electrons. The standard InChI is InChI=1S/C14H19BrN2OS/c1-4-18-8-12(9(2)3)17-14-16-11-6-5-10(15)7-13(11)19-14/h5-7,9,12H,4,8H2,1-3H3,(H,16,17). The predicted octanol–water partition coefficient (Wildman–Crippen LogP) is 4.53. The van der Waals surface area contributed by atoms with Crippen LogP contribution < -0.4 is 5.32 Å². The van der Waals surface area contributed by atoms with Crippen molar-refractivity contribution in [2.24, 2.45) is 5.92 Å². The summed E-state index contributed by atoms with van der Waals surface area (Å²) in [4.78, 5) is 4.62. The van der Waals surface area contributed by atoms with Gasteiger partial charge in [-0.25, -0.2) is 4.98 Å². The van der Waals surface area contributed by atoms with E-state index in [0.29, 0.717) is 18.6 Å². The molecule has 3 nitrogen and oxygen atoms in total. The van der Waals surface area contributed by atoms with Gasteiger partial charge in [0.1, 0.15) is 0 Å². The van der Waals surface area contributed by atoms with Gasteiger partial charge in [-0.15, -0.1) is 0 Å². The van der Waals surface area contributed by atoms with Gasteiger partial charge in [-0.2, -0.15) is 0 Å². The third-order valence-corrected chi connectivity index (χ3v) is 4.41. The molecule has 0 aliphatic heterocycles. The number of fused-ring (bicyclic) bond motifs is 1. The van der Waals surface area contributed by atoms with Gasteiger partial charge in [-0.1, -0.05) is 41.1 Å². The van der Waals surface area contributed by atoms with Crippen molar-refractivity contribution < 1.29 is 4.74 Å². The van der Waals surface area contributed by atoms with Gasteiger partial charge >= 0.3 is 0 Å². The zero-order chi connectivity index (χ0) is 13.8. The Hall–Kier alpha value is -0.650. The van der Waals surface area contributed by atoms with Crippen LogP contribution in [-0.4, -0.2) is 24.2 Å². The first-order valence-electron chi connectivity index (χ1n) is 6.50. The molecule has 1 aromatic carbocycles. The minimum atomic E-state index is 0.295. The van der Waals surface area contributed by atoms with Crippen LogP contribution in [-0.2, 0) is 4.74 Å². The number of anilines is 1. The second-order valence-corrected chi connectivity index (χ2v) is 6.73. The maximum absolute atomic E-state index is 5.53. The summed E-state index contributed by atoms with van der Waals surface area (Å²) in [5.41, 5.74) is 1.04. The summed E-state index contributed by atoms with van der Waals surface area (Å²) in [6.45, 7) is 7.87. The zero-order valence-corrected chi connectivity index (χ0v) is 13.8. The van der Waals surface area contributed by atoms with Crippen molar-refractivity contribution in [1.82, 2.24) is 4.98 Å². The molecule has 0 spiro atoms. The zero-order valence-electron chi connectivity index (χ0n) is 11.4. The van der Waals surface area contributed by atoms with Gasteiger partial charge < -0.3 is 10.1 Å². The maximum Gasteiger partial charge on any atom is 0.184 e. The minimum absolute atomic E-state index is 0.295. The molecule has 0 fully saturated rings. The van der Waals surface area contributed by atoms with Gasteiger partial charge in [0.15, 0.2) is 5.13 Å². The molecule has 1 N–H and O–H groups in total. The van der Waals surface area contributed by atoms with Crippen molar-refractivity contribution in [3.63, 3.8) is 0 Å². The van der Waals surface area contributed by atoms with Crippen LogP contribution in [0.4, 0.5) is 5.13 Å². The first kappa shape index (κ1) is 14.8. The number of hydrogen-bond acceptors (Lipinski definition) is 4. The highest BCUT2D eigenvalue weighted by Gasteiger charge is 2.15. The minimum Gasteiger partial charge on any atom is -0.380 e. The van der Waals surface area contributed by atoms with E-state index in [9.17, 15) is 0 Å². The van der Waals surface area contributed by atoms with E-state index in [1.807, 2.05) is 19.1 Å². The van der Waals surface area contributed by atoms with Crippen LogP contribution in [0.2, 0.25) is 0 Å². The highest BCUT2D eigenvalue weighted by Crippen LogP contribution is 2.29. The SMILES string of the molecule is CCOCC(Nc1nc2ccc(Br)cc2s1)C(C)C. The topological polar surface area (TPSA) is 34.1 Å². The molecule has 2 aromatic rings. The van der Waals surface area contributed by atoms with E-state index < -0.39 is 0 Å². The molecule has 0 saturated heterocycles. The second-order valence-electron chi connectivity index (χ2n) is 4.79. The molecule has 0 aliphatic carbocycles. The number of ether oxygens (including phenoxy) is 1. The fraction of sp³-hybridized carbons (Fsp3) is 0.500. The molecule has 1 atom stereocenters. The molecule has 5 heteroatoms. The number of hydrogen-bond donors (Lipinski definition) is 1. The van der Waals surface area contributed by atoms with Crippen molar-refractivity contribution >= 4 is 42.6 Å². The molecule has 19 heavy (non-hydrogen) atoms. The molecule has 1 aromatic heterocycles. The van der Waals surface area contributed by atoms with Crippen LogP contribution in [0.25, 0.3) is 10.2 Å². The van der Waals surface area contributed by atoms with Crippen LogP contribution in [0.1, 0.15) is 20.8 Å². The predicted molar refractivity (Wildman–Crippen MR) is 86.1 cm³/mol. The highest BCUT2D eigenvalue weighted by atomic mass is 79.9. The van der Waals surface area contributed by atoms with Crippen molar-refractivity contribution in [2.75, 3.05) is 18.5 Å². The van der Waals surface area contributed by atoms with Crippen molar-refractivity contribution in [1.29, 1.82) is 0 Å². The van der Waals surface area contributed by atoms with E-state index in [-0.39, 0.29) is 0 Å². The number of nitrogens with zero attached hydrogens (tertiary/aromatic N) is 1. The average Bonchev–Trinajstić information content (AvgIpc) is 2.75. The average molecular weight is 343 g/mol. The quantitative estimate of drug-likeness (QED) is 0.837. The van der Waals surface area contributed by atoms with Gasteiger partial charge in [0.2, 0.25) is 0 Å². The van der Waals surface area contributed by atoms with Crippen molar-refractivity contribution in [3.05, 3.63) is 22.7 Å². The molecule has 104 valence electrons. The number of benzene rings is 1. The fourth-order valence-corrected chi connectivity index (χ4v) is 3.24. The smallest absolute Gasteiger partial charge is 0.184 e. The number of halogens is 1. The van der Waals surface area contributed by atoms with Crippen molar-refractivity contribution in [3.8, 4) is 0 Å². The van der Waals surface area contributed by atoms with Crippen LogP contribution >= 0.6 is 27.3 Å². The highest BCUT2D eigenvalue weighted by molar-refractivity contribution is 9.10. The van der Waals surface area contributed by atoms with Gasteiger partial charge in [-0.05, 0) is 31.0 Å². The normalized spacial score (nSPS) is 13.1. The summed E-state index contributed by atoms with van der Waals surface area (Å²) in [7, 11) is 0. The lowest BCUT2D eigenvalue weighted by Crippen LogP contribution is -2.30. The van der Waals surface area contributed by atoms with Gasteiger partial charge in [0, 0.05) is 11.1 Å². The lowest BCUT2D eigenvalue weighted by molar-refractivity contribution is 0.127. The molecular formula is C14H19BrN2OS. The Morgan fingerprint density at radius 3 is 2.89 bits per heavy atom. The maximum atomic E-state index is 5.53. The Morgan fingerprint density at radius 1 is 1.42 bits per heavy atom. The lowest BCUT2D eigenvalue weighted by atomic mass is 10.1. The molecule has 0 aliphatic rings. The van der Waals surface area contributed by atoms with E-state index in [0.717, 1.165) is 21.7 Å². The first-order chi connectivity index (χ1) is 9.10. The summed E-state index contributed by atoms with van der Waals surface area (Å²) < 4.78 is 7.81. The van der Waals surface area contributed by atoms with E-state index in [2.05, 4.69) is 46.1 Å². The first-order valence-corrected chi connectivity index (χ1v) is 8.11. The molecule has 0 amide bonds. The Labute approximate surface area is 126 Å². The Bertz CT molecular complexity index is 541. The number of aromatic nitrogens is 1. The van der Waals surface area contributed by atoms with E-state index >= 15 is 0 Å². The summed E-state index contributed by atoms with van der Waals surface area (Å²) in [6.07, 6.45) is 0. The summed E-state index contributed by atoms with van der Waals surface area (Å²) in [5.74, 6) is 0.505. The third kappa shape index (κ3) is 3.91. The molecule has 0 bridgehead atoms. The molecular weight excluding hydrogens is 324 g/mol. The van der Waals surface area contributed by atoms with Crippen molar-refractivity contribution in [2.45, 2.75) is 26.8 Å². The Morgan fingerprint density at radius 2 is 2.21 bits per heavy atom. The molecule has 1 heterocycles. The summed E-state index contributed by atoms with van der Waals surface area (Å²) in [6, 6.07) is 6.45. The monoisotopic (exact) mass is 342 g/mol. The van der Waals surface area contributed by atoms with E-state index in [1.165, 1.54) is 4.70 Å². The van der Waals surface area contributed by atoms with E-state index in [1.54, 1.807) is 11.3 Å². The van der Waals surface area contributed by atoms with E-state index in [4.69, 9.17) is 4.74 Å². The molecule has 2 rings (SSSR count). The summed E-state index contributed by atoms with van der Waals surface area (Å²) in [5, 5.41) is 4.45. The number of rotatable bonds is 6.